The fraction of sp³-hybridized carbons (Fsp3) is 0.344. The molecule has 2 aliphatic rings. The maximum atomic E-state index is 7.30. The molecule has 1 fully saturated rings. The topological polar surface area (TPSA) is 32.0 Å². The lowest BCUT2D eigenvalue weighted by Gasteiger charge is -2.37. The van der Waals surface area contributed by atoms with E-state index in [1.165, 1.54) is 22.3 Å². The molecule has 1 atom stereocenters. The summed E-state index contributed by atoms with van der Waals surface area (Å²) in [5.41, 5.74) is 7.85. The normalized spacial score (nSPS) is 16.6. The molecule has 0 radical (unpaired) electrons. The Bertz CT molecular complexity index is 1340. The minimum absolute atomic E-state index is 0.218. The molecule has 182 valence electrons. The second kappa shape index (κ2) is 10.6. The van der Waals surface area contributed by atoms with Gasteiger partial charge in [-0.25, -0.2) is 4.85 Å². The molecule has 5 rings (SSSR count). The van der Waals surface area contributed by atoms with Gasteiger partial charge >= 0.3 is 0 Å². The monoisotopic (exact) mass is 477 g/mol. The summed E-state index contributed by atoms with van der Waals surface area (Å²) in [5.74, 6) is 7.71. The SMILES string of the molecule is [C-]#[N+]c1ccc2c(c1)C(C)c1cc(C#Cc3ccc(OCCCCOCC4(C)COC4)cc3)ccc1-2. The first-order chi connectivity index (χ1) is 17.5. The van der Waals surface area contributed by atoms with Gasteiger partial charge in [0, 0.05) is 29.1 Å². The Hall–Kier alpha value is -3.57. The minimum Gasteiger partial charge on any atom is -0.494 e. The van der Waals surface area contributed by atoms with Crippen molar-refractivity contribution in [3.63, 3.8) is 0 Å². The lowest BCUT2D eigenvalue weighted by Crippen LogP contribution is -2.43. The summed E-state index contributed by atoms with van der Waals surface area (Å²) >= 11 is 0. The van der Waals surface area contributed by atoms with Crippen LogP contribution in [-0.2, 0) is 9.47 Å². The highest BCUT2D eigenvalue weighted by molar-refractivity contribution is 5.81. The predicted molar refractivity (Wildman–Crippen MR) is 143 cm³/mol. The van der Waals surface area contributed by atoms with Gasteiger partial charge in [-0.3, -0.25) is 0 Å². The lowest BCUT2D eigenvalue weighted by molar-refractivity contribution is -0.138. The van der Waals surface area contributed by atoms with Crippen LogP contribution in [0.2, 0.25) is 0 Å². The summed E-state index contributed by atoms with van der Waals surface area (Å²) in [7, 11) is 0. The van der Waals surface area contributed by atoms with E-state index in [2.05, 4.69) is 54.8 Å². The Labute approximate surface area is 214 Å². The minimum atomic E-state index is 0.218. The van der Waals surface area contributed by atoms with Crippen LogP contribution in [-0.4, -0.2) is 33.0 Å². The molecular weight excluding hydrogens is 446 g/mol. The second-order valence-electron chi connectivity index (χ2n) is 10.1. The van der Waals surface area contributed by atoms with Crippen molar-refractivity contribution >= 4 is 5.69 Å². The fourth-order valence-corrected chi connectivity index (χ4v) is 4.76. The zero-order valence-electron chi connectivity index (χ0n) is 21.0. The molecule has 1 saturated heterocycles. The van der Waals surface area contributed by atoms with Gasteiger partial charge in [-0.15, -0.1) is 0 Å². The molecule has 3 aromatic rings. The number of hydrogen-bond donors (Lipinski definition) is 0. The molecule has 36 heavy (non-hydrogen) atoms. The molecule has 0 saturated carbocycles. The molecule has 1 unspecified atom stereocenters. The Kier molecular flexibility index (Phi) is 7.10. The van der Waals surface area contributed by atoms with Gasteiger partial charge in [0.1, 0.15) is 5.75 Å². The van der Waals surface area contributed by atoms with E-state index in [1.54, 1.807) is 0 Å². The molecule has 0 N–H and O–H groups in total. The maximum Gasteiger partial charge on any atom is 0.187 e. The molecule has 0 bridgehead atoms. The lowest BCUT2D eigenvalue weighted by atomic mass is 9.90. The van der Waals surface area contributed by atoms with Crippen molar-refractivity contribution in [1.82, 2.24) is 0 Å². The number of fused-ring (bicyclic) bond motifs is 3. The maximum absolute atomic E-state index is 7.30. The molecule has 0 amide bonds. The number of ether oxygens (including phenoxy) is 3. The van der Waals surface area contributed by atoms with Crippen LogP contribution in [0, 0.1) is 23.8 Å². The largest absolute Gasteiger partial charge is 0.494 e. The number of hydrogen-bond acceptors (Lipinski definition) is 3. The number of nitrogens with zero attached hydrogens (tertiary/aromatic N) is 1. The van der Waals surface area contributed by atoms with Crippen molar-refractivity contribution in [1.29, 1.82) is 0 Å². The molecule has 1 heterocycles. The first-order valence-corrected chi connectivity index (χ1v) is 12.6. The number of unbranched alkanes of at least 4 members (excludes halogenated alkanes) is 1. The summed E-state index contributed by atoms with van der Waals surface area (Å²) < 4.78 is 16.9. The highest BCUT2D eigenvalue weighted by Gasteiger charge is 2.33. The average molecular weight is 478 g/mol. The molecule has 4 nitrogen and oxygen atoms in total. The molecule has 4 heteroatoms. The van der Waals surface area contributed by atoms with Crippen molar-refractivity contribution in [3.8, 4) is 28.7 Å². The van der Waals surface area contributed by atoms with Crippen LogP contribution in [0.3, 0.4) is 0 Å². The summed E-state index contributed by atoms with van der Waals surface area (Å²) in [6, 6.07) is 20.4. The van der Waals surface area contributed by atoms with E-state index in [4.69, 9.17) is 20.8 Å². The van der Waals surface area contributed by atoms with Crippen molar-refractivity contribution in [2.24, 2.45) is 5.41 Å². The third-order valence-corrected chi connectivity index (χ3v) is 6.95. The summed E-state index contributed by atoms with van der Waals surface area (Å²) in [5, 5.41) is 0. The molecule has 1 aliphatic carbocycles. The Morgan fingerprint density at radius 1 is 0.917 bits per heavy atom. The Morgan fingerprint density at radius 2 is 1.58 bits per heavy atom. The van der Waals surface area contributed by atoms with E-state index in [1.807, 2.05) is 36.4 Å². The van der Waals surface area contributed by atoms with Gasteiger partial charge in [0.05, 0.1) is 33.0 Å². The third-order valence-electron chi connectivity index (χ3n) is 6.95. The van der Waals surface area contributed by atoms with Gasteiger partial charge in [-0.2, -0.15) is 0 Å². The van der Waals surface area contributed by atoms with E-state index in [9.17, 15) is 0 Å². The van der Waals surface area contributed by atoms with Gasteiger partial charge in [-0.05, 0) is 71.5 Å². The smallest absolute Gasteiger partial charge is 0.187 e. The van der Waals surface area contributed by atoms with Gasteiger partial charge in [-0.1, -0.05) is 50.0 Å². The van der Waals surface area contributed by atoms with Crippen molar-refractivity contribution in [2.45, 2.75) is 32.6 Å². The summed E-state index contributed by atoms with van der Waals surface area (Å²) in [4.78, 5) is 3.59. The van der Waals surface area contributed by atoms with Crippen LogP contribution in [0.15, 0.2) is 60.7 Å². The zero-order valence-corrected chi connectivity index (χ0v) is 21.0. The standard InChI is InChI=1S/C32H31NO3/c1-23-30-18-25(10-14-28(30)29-15-11-26(33-3)19-31(23)29)7-6-24-8-12-27(13-9-24)36-17-5-4-16-34-20-32(2)21-35-22-32/h8-15,18-19,23H,4-5,16-17,20-22H2,1-2H3. The Balaban J connectivity index is 1.11. The van der Waals surface area contributed by atoms with Gasteiger partial charge in [0.25, 0.3) is 0 Å². The van der Waals surface area contributed by atoms with Crippen LogP contribution < -0.4 is 4.74 Å². The molecule has 3 aromatic carbocycles. The molecule has 0 spiro atoms. The highest BCUT2D eigenvalue weighted by atomic mass is 16.5. The van der Waals surface area contributed by atoms with Gasteiger partial charge < -0.3 is 14.2 Å². The first-order valence-electron chi connectivity index (χ1n) is 12.6. The highest BCUT2D eigenvalue weighted by Crippen LogP contribution is 2.46. The number of rotatable bonds is 8. The van der Waals surface area contributed by atoms with E-state index in [0.29, 0.717) is 12.3 Å². The molecular formula is C32H31NO3. The quantitative estimate of drug-likeness (QED) is 0.199. The number of benzene rings is 3. The molecule has 0 aromatic heterocycles. The zero-order chi connectivity index (χ0) is 25.0. The van der Waals surface area contributed by atoms with E-state index in [-0.39, 0.29) is 11.3 Å². The Morgan fingerprint density at radius 3 is 2.31 bits per heavy atom. The summed E-state index contributed by atoms with van der Waals surface area (Å²) in [6.45, 7) is 15.5. The van der Waals surface area contributed by atoms with Gasteiger partial charge in [0.2, 0.25) is 0 Å². The van der Waals surface area contributed by atoms with Crippen molar-refractivity contribution < 1.29 is 14.2 Å². The van der Waals surface area contributed by atoms with Crippen molar-refractivity contribution in [3.05, 3.63) is 94.3 Å². The second-order valence-corrected chi connectivity index (χ2v) is 10.1. The van der Waals surface area contributed by atoms with E-state index >= 15 is 0 Å². The third kappa shape index (κ3) is 5.31. The molecule has 1 aliphatic heterocycles. The predicted octanol–water partition coefficient (Wildman–Crippen LogP) is 6.98. The van der Waals surface area contributed by atoms with Crippen LogP contribution in [0.5, 0.6) is 5.75 Å². The van der Waals surface area contributed by atoms with Crippen molar-refractivity contribution in [2.75, 3.05) is 33.0 Å². The fourth-order valence-electron chi connectivity index (χ4n) is 4.76. The van der Waals surface area contributed by atoms with E-state index < -0.39 is 0 Å². The van der Waals surface area contributed by atoms with Crippen LogP contribution in [0.1, 0.15) is 54.9 Å². The average Bonchev–Trinajstić information content (AvgIpc) is 3.17. The van der Waals surface area contributed by atoms with E-state index in [0.717, 1.165) is 56.1 Å². The summed E-state index contributed by atoms with van der Waals surface area (Å²) in [6.07, 6.45) is 1.96. The van der Waals surface area contributed by atoms with Gasteiger partial charge in [0.15, 0.2) is 5.69 Å². The van der Waals surface area contributed by atoms with Crippen LogP contribution in [0.25, 0.3) is 16.0 Å². The first kappa shape index (κ1) is 24.1. The van der Waals surface area contributed by atoms with Crippen LogP contribution in [0.4, 0.5) is 5.69 Å². The van der Waals surface area contributed by atoms with Crippen LogP contribution >= 0.6 is 0 Å².